The monoisotopic (exact) mass is 100 g/mol. The minimum Gasteiger partial charge on any atom is -0.373 e. The number of rotatable bonds is 3. The quantitative estimate of drug-likeness (QED) is 0.378. The first kappa shape index (κ1) is 4.78. The van der Waals surface area contributed by atoms with Crippen molar-refractivity contribution < 1.29 is 9.53 Å². The molecule has 1 saturated heterocycles. The van der Waals surface area contributed by atoms with Crippen molar-refractivity contribution in [3.63, 3.8) is 0 Å². The zero-order valence-corrected chi connectivity index (χ0v) is 4.09. The Labute approximate surface area is 42.5 Å². The normalized spacial score (nSPS) is 27.1. The van der Waals surface area contributed by atoms with Crippen LogP contribution in [0.15, 0.2) is 0 Å². The second kappa shape index (κ2) is 2.07. The van der Waals surface area contributed by atoms with Crippen LogP contribution < -0.4 is 0 Å². The van der Waals surface area contributed by atoms with Gasteiger partial charge in [-0.1, -0.05) is 0 Å². The molecule has 0 aromatic carbocycles. The molecule has 1 aliphatic rings. The summed E-state index contributed by atoms with van der Waals surface area (Å²) in [6, 6.07) is 0. The van der Waals surface area contributed by atoms with Gasteiger partial charge in [0, 0.05) is 6.42 Å². The largest absolute Gasteiger partial charge is 0.373 e. The molecule has 0 aromatic heterocycles. The minimum atomic E-state index is 0.421. The van der Waals surface area contributed by atoms with E-state index in [-0.39, 0.29) is 0 Å². The summed E-state index contributed by atoms with van der Waals surface area (Å²) in [7, 11) is 0. The maximum Gasteiger partial charge on any atom is 0.120 e. The maximum atomic E-state index is 9.68. The van der Waals surface area contributed by atoms with Crippen LogP contribution in [-0.4, -0.2) is 19.0 Å². The molecule has 0 bridgehead atoms. The molecule has 1 fully saturated rings. The van der Waals surface area contributed by atoms with Gasteiger partial charge in [0.25, 0.3) is 0 Å². The molecule has 0 amide bonds. The van der Waals surface area contributed by atoms with Crippen LogP contribution in [0.4, 0.5) is 0 Å². The standard InChI is InChI=1S/C5H8O2/c6-3-1-2-5-4-7-5/h3,5H,1-2,4H2. The first-order chi connectivity index (χ1) is 3.43. The number of epoxide rings is 1. The minimum absolute atomic E-state index is 0.421. The molecule has 0 spiro atoms. The van der Waals surface area contributed by atoms with Crippen molar-refractivity contribution in [3.8, 4) is 0 Å². The highest BCUT2D eigenvalue weighted by atomic mass is 16.6. The van der Waals surface area contributed by atoms with Crippen molar-refractivity contribution >= 4 is 6.29 Å². The van der Waals surface area contributed by atoms with Crippen molar-refractivity contribution in [2.75, 3.05) is 6.61 Å². The predicted molar refractivity (Wildman–Crippen MR) is 25.0 cm³/mol. The molecule has 1 aliphatic heterocycles. The second-order valence-corrected chi connectivity index (χ2v) is 1.70. The van der Waals surface area contributed by atoms with Crippen LogP contribution in [0, 0.1) is 0 Å². The molecule has 1 unspecified atom stereocenters. The van der Waals surface area contributed by atoms with Crippen molar-refractivity contribution in [1.82, 2.24) is 0 Å². The van der Waals surface area contributed by atoms with Gasteiger partial charge in [0.15, 0.2) is 0 Å². The number of aldehydes is 1. The van der Waals surface area contributed by atoms with E-state index in [9.17, 15) is 4.79 Å². The van der Waals surface area contributed by atoms with Gasteiger partial charge in [-0.05, 0) is 6.42 Å². The summed E-state index contributed by atoms with van der Waals surface area (Å²) in [5.74, 6) is 0. The van der Waals surface area contributed by atoms with Crippen molar-refractivity contribution in [2.24, 2.45) is 0 Å². The molecule has 1 atom stereocenters. The molecule has 40 valence electrons. The molecule has 1 rings (SSSR count). The van der Waals surface area contributed by atoms with Crippen LogP contribution in [0.5, 0.6) is 0 Å². The van der Waals surface area contributed by atoms with Gasteiger partial charge in [0.2, 0.25) is 0 Å². The summed E-state index contributed by atoms with van der Waals surface area (Å²) in [6.07, 6.45) is 2.93. The van der Waals surface area contributed by atoms with Gasteiger partial charge in [0.05, 0.1) is 12.7 Å². The zero-order chi connectivity index (χ0) is 5.11. The average Bonchev–Trinajstić information content (AvgIpc) is 2.42. The number of hydrogen-bond acceptors (Lipinski definition) is 2. The number of carbonyl (C=O) groups excluding carboxylic acids is 1. The van der Waals surface area contributed by atoms with E-state index >= 15 is 0 Å². The number of hydrogen-bond donors (Lipinski definition) is 0. The van der Waals surface area contributed by atoms with Crippen molar-refractivity contribution in [2.45, 2.75) is 18.9 Å². The lowest BCUT2D eigenvalue weighted by Crippen LogP contribution is -1.83. The van der Waals surface area contributed by atoms with Gasteiger partial charge in [-0.25, -0.2) is 0 Å². The van der Waals surface area contributed by atoms with Gasteiger partial charge in [-0.2, -0.15) is 0 Å². The third-order valence-electron chi connectivity index (χ3n) is 1.01. The lowest BCUT2D eigenvalue weighted by atomic mass is 10.3. The first-order valence-electron chi connectivity index (χ1n) is 2.48. The van der Waals surface area contributed by atoms with Crippen LogP contribution >= 0.6 is 0 Å². The van der Waals surface area contributed by atoms with Crippen LogP contribution in [-0.2, 0) is 9.53 Å². The summed E-state index contributed by atoms with van der Waals surface area (Å²) in [5.41, 5.74) is 0. The fourth-order valence-electron chi connectivity index (χ4n) is 0.489. The van der Waals surface area contributed by atoms with Gasteiger partial charge < -0.3 is 9.53 Å². The molecule has 0 aliphatic carbocycles. The predicted octanol–water partition coefficient (Wildman–Crippen LogP) is 0.364. The van der Waals surface area contributed by atoms with E-state index in [0.717, 1.165) is 19.3 Å². The Bertz CT molecular complexity index is 66.5. The van der Waals surface area contributed by atoms with E-state index in [2.05, 4.69) is 0 Å². The third-order valence-corrected chi connectivity index (χ3v) is 1.01. The van der Waals surface area contributed by atoms with E-state index in [1.807, 2.05) is 0 Å². The highest BCUT2D eigenvalue weighted by molar-refractivity contribution is 5.49. The molecular weight excluding hydrogens is 92.1 g/mol. The maximum absolute atomic E-state index is 9.68. The molecule has 2 nitrogen and oxygen atoms in total. The average molecular weight is 100 g/mol. The van der Waals surface area contributed by atoms with E-state index in [4.69, 9.17) is 4.74 Å². The molecule has 7 heavy (non-hydrogen) atoms. The fraction of sp³-hybridized carbons (Fsp3) is 0.800. The summed E-state index contributed by atoms with van der Waals surface area (Å²) in [6.45, 7) is 0.869. The zero-order valence-electron chi connectivity index (χ0n) is 4.09. The smallest absolute Gasteiger partial charge is 0.120 e. The Morgan fingerprint density at radius 2 is 2.57 bits per heavy atom. The summed E-state index contributed by atoms with van der Waals surface area (Å²) >= 11 is 0. The topological polar surface area (TPSA) is 29.6 Å². The van der Waals surface area contributed by atoms with Gasteiger partial charge in [0.1, 0.15) is 6.29 Å². The van der Waals surface area contributed by atoms with E-state index < -0.39 is 0 Å². The van der Waals surface area contributed by atoms with Crippen LogP contribution in [0.25, 0.3) is 0 Å². The van der Waals surface area contributed by atoms with Crippen LogP contribution in [0.2, 0.25) is 0 Å². The molecule has 2 heteroatoms. The Morgan fingerprint density at radius 3 is 3.00 bits per heavy atom. The van der Waals surface area contributed by atoms with Gasteiger partial charge in [-0.3, -0.25) is 0 Å². The molecule has 0 saturated carbocycles. The number of ether oxygens (including phenoxy) is 1. The first-order valence-corrected chi connectivity index (χ1v) is 2.48. The Balaban J connectivity index is 1.88. The van der Waals surface area contributed by atoms with Crippen LogP contribution in [0.3, 0.4) is 0 Å². The summed E-state index contributed by atoms with van der Waals surface area (Å²) in [4.78, 5) is 9.68. The Kier molecular flexibility index (Phi) is 1.42. The molecular formula is C5H8O2. The Morgan fingerprint density at radius 1 is 1.86 bits per heavy atom. The van der Waals surface area contributed by atoms with Crippen molar-refractivity contribution in [1.29, 1.82) is 0 Å². The van der Waals surface area contributed by atoms with Gasteiger partial charge >= 0.3 is 0 Å². The van der Waals surface area contributed by atoms with Crippen molar-refractivity contribution in [3.05, 3.63) is 0 Å². The van der Waals surface area contributed by atoms with Crippen LogP contribution in [0.1, 0.15) is 12.8 Å². The van der Waals surface area contributed by atoms with E-state index in [1.165, 1.54) is 0 Å². The number of carbonyl (C=O) groups is 1. The molecule has 0 radical (unpaired) electrons. The molecule has 1 heterocycles. The molecule has 0 N–H and O–H groups in total. The third kappa shape index (κ3) is 1.69. The van der Waals surface area contributed by atoms with E-state index in [0.29, 0.717) is 12.5 Å². The SMILES string of the molecule is O=CCCC1CO1. The Hall–Kier alpha value is -0.370. The van der Waals surface area contributed by atoms with Gasteiger partial charge in [-0.15, -0.1) is 0 Å². The highest BCUT2D eigenvalue weighted by Crippen LogP contribution is 2.13. The second-order valence-electron chi connectivity index (χ2n) is 1.70. The molecule has 0 aromatic rings. The summed E-state index contributed by atoms with van der Waals surface area (Å²) in [5, 5.41) is 0. The summed E-state index contributed by atoms with van der Waals surface area (Å²) < 4.78 is 4.85. The fourth-order valence-corrected chi connectivity index (χ4v) is 0.489. The lowest BCUT2D eigenvalue weighted by Gasteiger charge is -1.79. The van der Waals surface area contributed by atoms with E-state index in [1.54, 1.807) is 0 Å². The highest BCUT2D eigenvalue weighted by Gasteiger charge is 2.20. The lowest BCUT2D eigenvalue weighted by molar-refractivity contribution is -0.108.